The number of rotatable bonds is 6. The second kappa shape index (κ2) is 8.01. The average Bonchev–Trinajstić information content (AvgIpc) is 2.60. The summed E-state index contributed by atoms with van der Waals surface area (Å²) in [4.78, 5) is 21.5. The molecule has 0 bridgehead atoms. The van der Waals surface area contributed by atoms with Crippen molar-refractivity contribution in [1.29, 1.82) is 0 Å². The molecule has 2 aromatic heterocycles. The fourth-order valence-electron chi connectivity index (χ4n) is 2.70. The molecule has 0 aliphatic carbocycles. The van der Waals surface area contributed by atoms with Crippen LogP contribution in [0.3, 0.4) is 0 Å². The first kappa shape index (κ1) is 19.2. The monoisotopic (exact) mass is 381 g/mol. The van der Waals surface area contributed by atoms with Gasteiger partial charge in [0.25, 0.3) is 0 Å². The second-order valence-corrected chi connectivity index (χ2v) is 6.27. The molecule has 3 heterocycles. The fourth-order valence-corrected chi connectivity index (χ4v) is 2.70. The maximum atomic E-state index is 12.7. The smallest absolute Gasteiger partial charge is 0.386 e. The Morgan fingerprint density at radius 2 is 2.07 bits per heavy atom. The van der Waals surface area contributed by atoms with Gasteiger partial charge in [0.2, 0.25) is 5.91 Å². The first-order valence-corrected chi connectivity index (χ1v) is 8.32. The predicted molar refractivity (Wildman–Crippen MR) is 88.5 cm³/mol. The summed E-state index contributed by atoms with van der Waals surface area (Å²) in [6, 6.07) is 5.30. The number of hydrogen-bond acceptors (Lipinski definition) is 5. The van der Waals surface area contributed by atoms with Crippen molar-refractivity contribution >= 4 is 5.91 Å². The van der Waals surface area contributed by atoms with Gasteiger partial charge in [-0.25, -0.2) is 0 Å². The number of carbonyl (C=O) groups is 1. The molecule has 0 spiro atoms. The Labute approximate surface area is 153 Å². The van der Waals surface area contributed by atoms with Crippen molar-refractivity contribution in [3.05, 3.63) is 59.7 Å². The molecule has 0 radical (unpaired) electrons. The number of carbonyl (C=O) groups excluding carboxylic acids is 1. The van der Waals surface area contributed by atoms with E-state index in [9.17, 15) is 23.1 Å². The van der Waals surface area contributed by atoms with Crippen molar-refractivity contribution < 1.29 is 27.8 Å². The van der Waals surface area contributed by atoms with Crippen molar-refractivity contribution in [1.82, 2.24) is 14.9 Å². The maximum Gasteiger partial charge on any atom is 0.433 e. The van der Waals surface area contributed by atoms with Crippen LogP contribution in [0.2, 0.25) is 0 Å². The van der Waals surface area contributed by atoms with Gasteiger partial charge in [0.1, 0.15) is 5.69 Å². The van der Waals surface area contributed by atoms with Crippen LogP contribution in [0, 0.1) is 0 Å². The van der Waals surface area contributed by atoms with Gasteiger partial charge in [-0.1, -0.05) is 12.1 Å². The van der Waals surface area contributed by atoms with Gasteiger partial charge in [0.05, 0.1) is 38.3 Å². The molecule has 3 rings (SSSR count). The van der Waals surface area contributed by atoms with Crippen LogP contribution in [0.25, 0.3) is 0 Å². The zero-order chi connectivity index (χ0) is 19.4. The fraction of sp³-hybridized carbons (Fsp3) is 0.389. The summed E-state index contributed by atoms with van der Waals surface area (Å²) in [5, 5.41) is 10.4. The van der Waals surface area contributed by atoms with Crippen molar-refractivity contribution in [2.75, 3.05) is 19.8 Å². The van der Waals surface area contributed by atoms with Crippen molar-refractivity contribution in [3.63, 3.8) is 0 Å². The molecule has 1 amide bonds. The lowest BCUT2D eigenvalue weighted by Crippen LogP contribution is -2.53. The van der Waals surface area contributed by atoms with Gasteiger partial charge in [-0.2, -0.15) is 13.2 Å². The summed E-state index contributed by atoms with van der Waals surface area (Å²) >= 11 is 0. The number of hydrogen-bond donors (Lipinski definition) is 1. The van der Waals surface area contributed by atoms with E-state index < -0.39 is 18.0 Å². The molecule has 1 N–H and O–H groups in total. The van der Waals surface area contributed by atoms with Crippen molar-refractivity contribution in [2.24, 2.45) is 0 Å². The number of nitrogens with zero attached hydrogens (tertiary/aromatic N) is 3. The molecule has 1 atom stereocenters. The van der Waals surface area contributed by atoms with E-state index in [0.29, 0.717) is 24.3 Å². The maximum absolute atomic E-state index is 12.7. The zero-order valence-electron chi connectivity index (χ0n) is 14.3. The Balaban J connectivity index is 1.68. The zero-order valence-corrected chi connectivity index (χ0v) is 14.3. The highest BCUT2D eigenvalue weighted by molar-refractivity contribution is 5.79. The number of aromatic nitrogens is 2. The van der Waals surface area contributed by atoms with Crippen LogP contribution in [-0.2, 0) is 22.1 Å². The molecule has 6 nitrogen and oxygen atoms in total. The molecule has 1 aliphatic rings. The summed E-state index contributed by atoms with van der Waals surface area (Å²) in [6.07, 6.45) is -1.41. The minimum atomic E-state index is -4.52. The minimum Gasteiger partial charge on any atom is -0.386 e. The molecule has 1 saturated heterocycles. The molecule has 1 fully saturated rings. The van der Waals surface area contributed by atoms with Crippen LogP contribution in [0.4, 0.5) is 13.2 Å². The summed E-state index contributed by atoms with van der Waals surface area (Å²) in [7, 11) is 0. The topological polar surface area (TPSA) is 75.6 Å². The Hall–Kier alpha value is -2.52. The van der Waals surface area contributed by atoms with Gasteiger partial charge in [-0.3, -0.25) is 14.8 Å². The van der Waals surface area contributed by atoms with Gasteiger partial charge in [-0.05, 0) is 17.7 Å². The van der Waals surface area contributed by atoms with E-state index in [0.717, 1.165) is 12.3 Å². The minimum absolute atomic E-state index is 0.0482. The predicted octanol–water partition coefficient (Wildman–Crippen LogP) is 2.00. The summed E-state index contributed by atoms with van der Waals surface area (Å²) < 4.78 is 42.9. The third kappa shape index (κ3) is 4.81. The van der Waals surface area contributed by atoms with Crippen molar-refractivity contribution in [3.8, 4) is 0 Å². The highest BCUT2D eigenvalue weighted by atomic mass is 19.4. The second-order valence-electron chi connectivity index (χ2n) is 6.27. The Bertz CT molecular complexity index is 765. The van der Waals surface area contributed by atoms with E-state index in [4.69, 9.17) is 4.74 Å². The number of pyridine rings is 2. The number of ether oxygens (including phenoxy) is 1. The van der Waals surface area contributed by atoms with Crippen LogP contribution in [0.5, 0.6) is 0 Å². The number of amides is 1. The SMILES string of the molecule is O=C(Cc1ccc(C(F)(F)F)nc1)N(C[C@@H](O)c1cccnc1)C1COC1. The Morgan fingerprint density at radius 3 is 2.59 bits per heavy atom. The van der Waals surface area contributed by atoms with Gasteiger partial charge in [-0.15, -0.1) is 0 Å². The molecule has 0 unspecified atom stereocenters. The number of alkyl halides is 3. The first-order valence-electron chi connectivity index (χ1n) is 8.32. The van der Waals surface area contributed by atoms with Crippen LogP contribution < -0.4 is 0 Å². The van der Waals surface area contributed by atoms with E-state index >= 15 is 0 Å². The molecule has 0 saturated carbocycles. The summed E-state index contributed by atoms with van der Waals surface area (Å²) in [6.45, 7) is 0.764. The van der Waals surface area contributed by atoms with Gasteiger partial charge in [0, 0.05) is 24.2 Å². The average molecular weight is 381 g/mol. The van der Waals surface area contributed by atoms with Crippen LogP contribution >= 0.6 is 0 Å². The largest absolute Gasteiger partial charge is 0.433 e. The van der Waals surface area contributed by atoms with Gasteiger partial charge >= 0.3 is 6.18 Å². The molecule has 27 heavy (non-hydrogen) atoms. The molecule has 144 valence electrons. The van der Waals surface area contributed by atoms with Crippen molar-refractivity contribution in [2.45, 2.75) is 24.7 Å². The summed E-state index contributed by atoms with van der Waals surface area (Å²) in [5.41, 5.74) is -0.0594. The highest BCUT2D eigenvalue weighted by Crippen LogP contribution is 2.27. The highest BCUT2D eigenvalue weighted by Gasteiger charge is 2.33. The van der Waals surface area contributed by atoms with E-state index in [1.165, 1.54) is 17.2 Å². The first-order chi connectivity index (χ1) is 12.8. The van der Waals surface area contributed by atoms with Gasteiger partial charge in [0.15, 0.2) is 0 Å². The van der Waals surface area contributed by atoms with E-state index in [2.05, 4.69) is 9.97 Å². The third-order valence-corrected chi connectivity index (χ3v) is 4.29. The van der Waals surface area contributed by atoms with Gasteiger partial charge < -0.3 is 14.7 Å². The molecular formula is C18H18F3N3O3. The quantitative estimate of drug-likeness (QED) is 0.828. The number of aliphatic hydroxyl groups excluding tert-OH is 1. The van der Waals surface area contributed by atoms with Crippen LogP contribution in [0.1, 0.15) is 22.9 Å². The lowest BCUT2D eigenvalue weighted by Gasteiger charge is -2.38. The standard InChI is InChI=1S/C18H18F3N3O3/c19-18(20,21)16-4-3-12(7-23-16)6-17(26)24(14-10-27-11-14)9-15(25)13-2-1-5-22-8-13/h1-5,7-8,14-15,25H,6,9-11H2/t15-/m1/s1. The normalized spacial score (nSPS) is 15.9. The van der Waals surface area contributed by atoms with Crippen LogP contribution in [-0.4, -0.2) is 51.7 Å². The summed E-state index contributed by atoms with van der Waals surface area (Å²) in [5.74, 6) is -0.312. The molecule has 2 aromatic rings. The van der Waals surface area contributed by atoms with E-state index in [1.54, 1.807) is 18.3 Å². The molecule has 0 aromatic carbocycles. The lowest BCUT2D eigenvalue weighted by atomic mass is 10.1. The van der Waals surface area contributed by atoms with Crippen LogP contribution in [0.15, 0.2) is 42.9 Å². The Kier molecular flexibility index (Phi) is 5.71. The molecule has 1 aliphatic heterocycles. The van der Waals surface area contributed by atoms with E-state index in [-0.39, 0.29) is 24.9 Å². The van der Waals surface area contributed by atoms with E-state index in [1.807, 2.05) is 0 Å². The number of halogens is 3. The molecular weight excluding hydrogens is 363 g/mol. The third-order valence-electron chi connectivity index (χ3n) is 4.29. The Morgan fingerprint density at radius 1 is 1.30 bits per heavy atom. The molecule has 9 heteroatoms. The number of aliphatic hydroxyl groups is 1. The lowest BCUT2D eigenvalue weighted by molar-refractivity contribution is -0.146.